The number of hydrogen-bond acceptors (Lipinski definition) is 5. The van der Waals surface area contributed by atoms with E-state index in [4.69, 9.17) is 4.74 Å². The Hall–Kier alpha value is -3.13. The van der Waals surface area contributed by atoms with E-state index in [9.17, 15) is 14.9 Å². The molecule has 0 unspecified atom stereocenters. The third-order valence-corrected chi connectivity index (χ3v) is 5.39. The fraction of sp³-hybridized carbons (Fsp3) is 0.350. The second kappa shape index (κ2) is 7.47. The van der Waals surface area contributed by atoms with Crippen LogP contribution in [-0.2, 0) is 6.54 Å². The molecule has 1 aliphatic heterocycles. The van der Waals surface area contributed by atoms with Gasteiger partial charge in [-0.2, -0.15) is 0 Å². The molecule has 1 N–H and O–H groups in total. The fourth-order valence-electron chi connectivity index (χ4n) is 4.01. The molecule has 1 aromatic heterocycles. The Morgan fingerprint density at radius 1 is 1.21 bits per heavy atom. The minimum atomic E-state index is -0.419. The van der Waals surface area contributed by atoms with Crippen LogP contribution in [0.1, 0.15) is 24.4 Å². The molecule has 0 bridgehead atoms. The number of nitro benzene ring substituents is 1. The number of fused-ring (bicyclic) bond motifs is 1. The number of piperidine rings is 1. The molecule has 1 fully saturated rings. The number of nitro groups is 1. The minimum Gasteiger partial charge on any atom is -0.490 e. The lowest BCUT2D eigenvalue weighted by atomic mass is 10.0. The maximum atomic E-state index is 12.4. The number of nitrogens with one attached hydrogen (secondary N) is 1. The van der Waals surface area contributed by atoms with E-state index < -0.39 is 4.92 Å². The number of rotatable bonds is 5. The van der Waals surface area contributed by atoms with E-state index in [0.29, 0.717) is 6.54 Å². The van der Waals surface area contributed by atoms with Crippen molar-refractivity contribution in [3.63, 3.8) is 0 Å². The lowest BCUT2D eigenvalue weighted by molar-refractivity contribution is -0.385. The molecule has 1 aliphatic rings. The molecule has 2 heterocycles. The summed E-state index contributed by atoms with van der Waals surface area (Å²) in [6.07, 6.45) is 1.72. The summed E-state index contributed by atoms with van der Waals surface area (Å²) >= 11 is 0. The first-order valence-corrected chi connectivity index (χ1v) is 9.29. The van der Waals surface area contributed by atoms with Gasteiger partial charge in [0.15, 0.2) is 5.75 Å². The lowest BCUT2D eigenvalue weighted by Gasteiger charge is -2.32. The van der Waals surface area contributed by atoms with Gasteiger partial charge >= 0.3 is 11.4 Å². The van der Waals surface area contributed by atoms with Crippen LogP contribution in [0.25, 0.3) is 11.0 Å². The maximum Gasteiger partial charge on any atom is 0.326 e. The molecule has 4 rings (SSSR count). The van der Waals surface area contributed by atoms with Crippen molar-refractivity contribution in [2.75, 3.05) is 20.2 Å². The van der Waals surface area contributed by atoms with Crippen LogP contribution < -0.4 is 10.4 Å². The second-order valence-electron chi connectivity index (χ2n) is 7.09. The van der Waals surface area contributed by atoms with Crippen LogP contribution in [0.15, 0.2) is 47.3 Å². The molecule has 0 amide bonds. The van der Waals surface area contributed by atoms with E-state index in [-0.39, 0.29) is 23.2 Å². The first-order chi connectivity index (χ1) is 13.6. The lowest BCUT2D eigenvalue weighted by Crippen LogP contribution is -2.36. The van der Waals surface area contributed by atoms with E-state index >= 15 is 0 Å². The third-order valence-electron chi connectivity index (χ3n) is 5.39. The normalized spacial score (nSPS) is 15.8. The molecule has 146 valence electrons. The second-order valence-corrected chi connectivity index (χ2v) is 7.09. The molecular formula is C20H22N4O4. The summed E-state index contributed by atoms with van der Waals surface area (Å²) in [5.41, 5.74) is 2.61. The summed E-state index contributed by atoms with van der Waals surface area (Å²) < 4.78 is 6.93. The predicted octanol–water partition coefficient (Wildman–Crippen LogP) is 3.08. The molecule has 28 heavy (non-hydrogen) atoms. The van der Waals surface area contributed by atoms with Crippen molar-refractivity contribution in [1.29, 1.82) is 0 Å². The van der Waals surface area contributed by atoms with Crippen molar-refractivity contribution in [3.05, 3.63) is 68.6 Å². The van der Waals surface area contributed by atoms with Crippen molar-refractivity contribution in [2.24, 2.45) is 0 Å². The zero-order chi connectivity index (χ0) is 19.7. The summed E-state index contributed by atoms with van der Waals surface area (Å²) in [4.78, 5) is 28.4. The number of ether oxygens (including phenoxy) is 1. The van der Waals surface area contributed by atoms with Gasteiger partial charge < -0.3 is 9.72 Å². The Bertz CT molecular complexity index is 1060. The smallest absolute Gasteiger partial charge is 0.326 e. The van der Waals surface area contributed by atoms with Crippen LogP contribution in [0.5, 0.6) is 5.75 Å². The van der Waals surface area contributed by atoms with Crippen molar-refractivity contribution in [3.8, 4) is 5.75 Å². The number of hydrogen-bond donors (Lipinski definition) is 1. The van der Waals surface area contributed by atoms with E-state index in [2.05, 4.69) is 9.88 Å². The van der Waals surface area contributed by atoms with Crippen molar-refractivity contribution in [2.45, 2.75) is 25.4 Å². The zero-order valence-corrected chi connectivity index (χ0v) is 15.6. The number of para-hydroxylation sites is 2. The van der Waals surface area contributed by atoms with Crippen LogP contribution in [-0.4, -0.2) is 39.6 Å². The Morgan fingerprint density at radius 2 is 1.96 bits per heavy atom. The maximum absolute atomic E-state index is 12.4. The van der Waals surface area contributed by atoms with Crippen molar-refractivity contribution in [1.82, 2.24) is 14.5 Å². The van der Waals surface area contributed by atoms with Crippen LogP contribution in [0, 0.1) is 10.1 Å². The van der Waals surface area contributed by atoms with Gasteiger partial charge in [-0.05, 0) is 36.6 Å². The summed E-state index contributed by atoms with van der Waals surface area (Å²) in [5.74, 6) is 0.270. The monoisotopic (exact) mass is 382 g/mol. The van der Waals surface area contributed by atoms with Gasteiger partial charge in [0.05, 0.1) is 23.1 Å². The first kappa shape index (κ1) is 18.2. The highest BCUT2D eigenvalue weighted by atomic mass is 16.6. The molecule has 0 radical (unpaired) electrons. The average molecular weight is 382 g/mol. The Kier molecular flexibility index (Phi) is 4.87. The summed E-state index contributed by atoms with van der Waals surface area (Å²) in [6, 6.07) is 13.0. The molecule has 8 heteroatoms. The molecular weight excluding hydrogens is 360 g/mol. The van der Waals surface area contributed by atoms with Gasteiger partial charge in [-0.15, -0.1) is 0 Å². The van der Waals surface area contributed by atoms with Crippen LogP contribution in [0.2, 0.25) is 0 Å². The number of nitrogens with zero attached hydrogens (tertiary/aromatic N) is 3. The predicted molar refractivity (Wildman–Crippen MR) is 106 cm³/mol. The SMILES string of the molecule is COc1ccc(CN2CCC(n3c(=O)[nH]c4ccccc43)CC2)cc1[N+](=O)[O-]. The number of benzene rings is 2. The van der Waals surface area contributed by atoms with Gasteiger partial charge in [0, 0.05) is 31.7 Å². The fourth-order valence-corrected chi connectivity index (χ4v) is 4.01. The number of aromatic amines is 1. The largest absolute Gasteiger partial charge is 0.490 e. The minimum absolute atomic E-state index is 0.0137. The van der Waals surface area contributed by atoms with Crippen LogP contribution in [0.4, 0.5) is 5.69 Å². The Labute approximate surface area is 161 Å². The molecule has 8 nitrogen and oxygen atoms in total. The van der Waals surface area contributed by atoms with E-state index in [1.807, 2.05) is 34.9 Å². The third kappa shape index (κ3) is 3.38. The van der Waals surface area contributed by atoms with Gasteiger partial charge in [-0.3, -0.25) is 19.6 Å². The van der Waals surface area contributed by atoms with Gasteiger partial charge in [0.1, 0.15) is 0 Å². The molecule has 0 atom stereocenters. The summed E-state index contributed by atoms with van der Waals surface area (Å²) in [7, 11) is 1.43. The van der Waals surface area contributed by atoms with E-state index in [1.54, 1.807) is 12.1 Å². The zero-order valence-electron chi connectivity index (χ0n) is 15.6. The number of likely N-dealkylation sites (tertiary alicyclic amines) is 1. The molecule has 0 saturated carbocycles. The molecule has 0 spiro atoms. The quantitative estimate of drug-likeness (QED) is 0.541. The van der Waals surface area contributed by atoms with Crippen molar-refractivity contribution >= 4 is 16.7 Å². The Morgan fingerprint density at radius 3 is 2.68 bits per heavy atom. The van der Waals surface area contributed by atoms with Crippen molar-refractivity contribution < 1.29 is 9.66 Å². The molecule has 1 saturated heterocycles. The highest BCUT2D eigenvalue weighted by molar-refractivity contribution is 5.75. The molecule has 2 aromatic carbocycles. The summed E-state index contributed by atoms with van der Waals surface area (Å²) in [6.45, 7) is 2.30. The highest BCUT2D eigenvalue weighted by Gasteiger charge is 2.24. The van der Waals surface area contributed by atoms with Gasteiger partial charge in [-0.1, -0.05) is 18.2 Å². The number of H-pyrrole nitrogens is 1. The summed E-state index contributed by atoms with van der Waals surface area (Å²) in [5, 5.41) is 11.2. The number of imidazole rings is 1. The number of methoxy groups -OCH3 is 1. The van der Waals surface area contributed by atoms with Gasteiger partial charge in [0.2, 0.25) is 0 Å². The molecule has 3 aromatic rings. The Balaban J connectivity index is 1.46. The van der Waals surface area contributed by atoms with Gasteiger partial charge in [-0.25, -0.2) is 4.79 Å². The highest BCUT2D eigenvalue weighted by Crippen LogP contribution is 2.29. The van der Waals surface area contributed by atoms with Crippen LogP contribution >= 0.6 is 0 Å². The average Bonchev–Trinajstić information content (AvgIpc) is 3.04. The molecule has 0 aliphatic carbocycles. The standard InChI is InChI=1S/C20H22N4O4/c1-28-19-7-6-14(12-18(19)24(26)27)13-22-10-8-15(9-11-22)23-17-5-3-2-4-16(17)21-20(23)25/h2-7,12,15H,8-11,13H2,1H3,(H,21,25). The first-order valence-electron chi connectivity index (χ1n) is 9.29. The van der Waals surface area contributed by atoms with E-state index in [0.717, 1.165) is 42.5 Å². The van der Waals surface area contributed by atoms with E-state index in [1.165, 1.54) is 7.11 Å². The van der Waals surface area contributed by atoms with Gasteiger partial charge in [0.25, 0.3) is 0 Å². The van der Waals surface area contributed by atoms with Crippen LogP contribution in [0.3, 0.4) is 0 Å². The topological polar surface area (TPSA) is 93.4 Å². The number of aromatic nitrogens is 2.